The van der Waals surface area contributed by atoms with E-state index in [9.17, 15) is 22.8 Å². The van der Waals surface area contributed by atoms with Crippen LogP contribution in [0.4, 0.5) is 18.0 Å². The number of carbonyl (C=O) groups excluding carboxylic acids is 2. The second-order valence-corrected chi connectivity index (χ2v) is 10.2. The van der Waals surface area contributed by atoms with Gasteiger partial charge in [-0.2, -0.15) is 13.2 Å². The Kier molecular flexibility index (Phi) is 6.70. The normalized spacial score (nSPS) is 18.4. The molecule has 1 aromatic carbocycles. The highest BCUT2D eigenvalue weighted by Gasteiger charge is 2.37. The van der Waals surface area contributed by atoms with Crippen LogP contribution in [0.25, 0.3) is 0 Å². The molecule has 0 unspecified atom stereocenters. The van der Waals surface area contributed by atoms with Gasteiger partial charge in [0, 0.05) is 37.1 Å². The lowest BCUT2D eigenvalue weighted by molar-refractivity contribution is -0.145. The van der Waals surface area contributed by atoms with Crippen LogP contribution >= 0.6 is 11.6 Å². The number of amides is 2. The van der Waals surface area contributed by atoms with E-state index in [0.29, 0.717) is 24.5 Å². The lowest BCUT2D eigenvalue weighted by Gasteiger charge is -2.34. The molecule has 1 fully saturated rings. The van der Waals surface area contributed by atoms with Crippen molar-refractivity contribution in [2.24, 2.45) is 0 Å². The molecule has 11 heteroatoms. The van der Waals surface area contributed by atoms with Crippen LogP contribution in [0, 0.1) is 0 Å². The summed E-state index contributed by atoms with van der Waals surface area (Å²) in [6.07, 6.45) is -1.23. The van der Waals surface area contributed by atoms with E-state index in [0.717, 1.165) is 41.9 Å². The van der Waals surface area contributed by atoms with Crippen molar-refractivity contribution in [1.29, 1.82) is 0 Å². The summed E-state index contributed by atoms with van der Waals surface area (Å²) in [7, 11) is 0. The highest BCUT2D eigenvalue weighted by molar-refractivity contribution is 6.30. The molecular formula is C24H26ClF3N4O3. The fraction of sp³-hybridized carbons (Fsp3) is 0.500. The van der Waals surface area contributed by atoms with Crippen molar-refractivity contribution in [2.45, 2.75) is 64.4 Å². The first-order valence-electron chi connectivity index (χ1n) is 11.3. The molecule has 0 N–H and O–H groups in total. The average Bonchev–Trinajstić information content (AvgIpc) is 3.26. The molecule has 1 saturated heterocycles. The lowest BCUT2D eigenvalue weighted by Crippen LogP contribution is -2.39. The number of benzene rings is 1. The molecule has 1 atom stereocenters. The molecule has 2 aliphatic rings. The first-order chi connectivity index (χ1) is 16.3. The molecule has 7 nitrogen and oxygen atoms in total. The van der Waals surface area contributed by atoms with Crippen molar-refractivity contribution >= 4 is 23.6 Å². The number of carbonyl (C=O) groups is 2. The smallest absolute Gasteiger partial charge is 0.444 e. The number of rotatable bonds is 2. The number of ether oxygens (including phenoxy) is 1. The van der Waals surface area contributed by atoms with E-state index in [1.54, 1.807) is 9.80 Å². The Morgan fingerprint density at radius 2 is 1.80 bits per heavy atom. The van der Waals surface area contributed by atoms with Crippen molar-refractivity contribution in [1.82, 2.24) is 19.8 Å². The van der Waals surface area contributed by atoms with E-state index in [-0.39, 0.29) is 18.2 Å². The summed E-state index contributed by atoms with van der Waals surface area (Å²) in [5.41, 5.74) is 2.08. The molecule has 0 saturated carbocycles. The van der Waals surface area contributed by atoms with Gasteiger partial charge in [-0.25, -0.2) is 14.8 Å². The second kappa shape index (κ2) is 9.29. The van der Waals surface area contributed by atoms with Gasteiger partial charge in [0.05, 0.1) is 11.6 Å². The van der Waals surface area contributed by atoms with Crippen molar-refractivity contribution in [3.05, 3.63) is 57.6 Å². The van der Waals surface area contributed by atoms with Crippen LogP contribution in [0.3, 0.4) is 0 Å². The molecule has 4 rings (SSSR count). The molecule has 0 radical (unpaired) electrons. The number of likely N-dealkylation sites (tertiary alicyclic amines) is 1. The Labute approximate surface area is 206 Å². The number of halogens is 4. The van der Waals surface area contributed by atoms with Crippen LogP contribution < -0.4 is 0 Å². The Morgan fingerprint density at radius 1 is 1.11 bits per heavy atom. The van der Waals surface area contributed by atoms with Gasteiger partial charge in [-0.3, -0.25) is 4.79 Å². The third-order valence-electron chi connectivity index (χ3n) is 6.02. The average molecular weight is 511 g/mol. The molecule has 0 aliphatic carbocycles. The Bertz CT molecular complexity index is 1130. The summed E-state index contributed by atoms with van der Waals surface area (Å²) in [6.45, 7) is 6.59. The van der Waals surface area contributed by atoms with Crippen molar-refractivity contribution in [2.75, 3.05) is 13.1 Å². The van der Waals surface area contributed by atoms with Crippen LogP contribution in [-0.2, 0) is 23.9 Å². The summed E-state index contributed by atoms with van der Waals surface area (Å²) >= 11 is 6.42. The molecular weight excluding hydrogens is 485 g/mol. The Morgan fingerprint density at radius 3 is 2.43 bits per heavy atom. The molecule has 188 valence electrons. The SMILES string of the molecule is CC(C)(C)OC(=O)N1CCC[C@H]1c1cc(Cl)cc2c1CN(C(=O)c1cnc(C(F)(F)F)nc1)CC2. The van der Waals surface area contributed by atoms with E-state index in [2.05, 4.69) is 9.97 Å². The highest BCUT2D eigenvalue weighted by Crippen LogP contribution is 2.39. The number of aromatic nitrogens is 2. The second-order valence-electron chi connectivity index (χ2n) is 9.73. The van der Waals surface area contributed by atoms with Gasteiger partial charge in [-0.15, -0.1) is 0 Å². The first-order valence-corrected chi connectivity index (χ1v) is 11.7. The van der Waals surface area contributed by atoms with Crippen LogP contribution in [0.2, 0.25) is 5.02 Å². The monoisotopic (exact) mass is 510 g/mol. The van der Waals surface area contributed by atoms with Crippen LogP contribution in [-0.4, -0.2) is 50.5 Å². The Balaban J connectivity index is 1.60. The fourth-order valence-electron chi connectivity index (χ4n) is 4.52. The molecule has 2 amide bonds. The largest absolute Gasteiger partial charge is 0.451 e. The van der Waals surface area contributed by atoms with E-state index in [1.165, 1.54) is 0 Å². The number of hydrogen-bond donors (Lipinski definition) is 0. The fourth-order valence-corrected chi connectivity index (χ4v) is 4.77. The summed E-state index contributed by atoms with van der Waals surface area (Å²) in [5, 5.41) is 0.547. The minimum Gasteiger partial charge on any atom is -0.444 e. The van der Waals surface area contributed by atoms with E-state index >= 15 is 0 Å². The topological polar surface area (TPSA) is 75.6 Å². The van der Waals surface area contributed by atoms with Crippen LogP contribution in [0.1, 0.15) is 72.5 Å². The molecule has 2 aromatic rings. The predicted octanol–water partition coefficient (Wildman–Crippen LogP) is 5.42. The first kappa shape index (κ1) is 25.2. The molecule has 1 aromatic heterocycles. The molecule has 2 aliphatic heterocycles. The van der Waals surface area contributed by atoms with Gasteiger partial charge < -0.3 is 14.5 Å². The van der Waals surface area contributed by atoms with E-state index in [1.807, 2.05) is 32.9 Å². The van der Waals surface area contributed by atoms with Gasteiger partial charge in [-0.05, 0) is 68.9 Å². The van der Waals surface area contributed by atoms with Crippen LogP contribution in [0.5, 0.6) is 0 Å². The zero-order chi connectivity index (χ0) is 25.5. The van der Waals surface area contributed by atoms with Crippen molar-refractivity contribution < 1.29 is 27.5 Å². The van der Waals surface area contributed by atoms with Gasteiger partial charge in [-0.1, -0.05) is 11.6 Å². The van der Waals surface area contributed by atoms with Gasteiger partial charge in [0.2, 0.25) is 5.82 Å². The van der Waals surface area contributed by atoms with E-state index in [4.69, 9.17) is 16.3 Å². The maximum atomic E-state index is 13.1. The number of hydrogen-bond acceptors (Lipinski definition) is 5. The number of nitrogens with zero attached hydrogens (tertiary/aromatic N) is 4. The predicted molar refractivity (Wildman–Crippen MR) is 122 cm³/mol. The van der Waals surface area contributed by atoms with Crippen LogP contribution in [0.15, 0.2) is 24.5 Å². The van der Waals surface area contributed by atoms with Crippen molar-refractivity contribution in [3.8, 4) is 0 Å². The van der Waals surface area contributed by atoms with E-state index < -0.39 is 29.6 Å². The molecule has 0 bridgehead atoms. The molecule has 35 heavy (non-hydrogen) atoms. The zero-order valence-electron chi connectivity index (χ0n) is 19.7. The van der Waals surface area contributed by atoms with Gasteiger partial charge in [0.25, 0.3) is 5.91 Å². The third kappa shape index (κ3) is 5.52. The maximum Gasteiger partial charge on any atom is 0.451 e. The van der Waals surface area contributed by atoms with Gasteiger partial charge in [0.1, 0.15) is 5.60 Å². The summed E-state index contributed by atoms with van der Waals surface area (Å²) < 4.78 is 43.9. The Hall–Kier alpha value is -2.88. The summed E-state index contributed by atoms with van der Waals surface area (Å²) in [5.74, 6) is -1.75. The van der Waals surface area contributed by atoms with Crippen molar-refractivity contribution in [3.63, 3.8) is 0 Å². The highest BCUT2D eigenvalue weighted by atomic mass is 35.5. The maximum absolute atomic E-state index is 13.1. The zero-order valence-corrected chi connectivity index (χ0v) is 20.4. The molecule has 3 heterocycles. The van der Waals surface area contributed by atoms with Gasteiger partial charge in [0.15, 0.2) is 0 Å². The van der Waals surface area contributed by atoms with Gasteiger partial charge >= 0.3 is 12.3 Å². The number of fused-ring (bicyclic) bond motifs is 1. The quantitative estimate of drug-likeness (QED) is 0.539. The standard InChI is InChI=1S/C24H26ClF3N4O3/c1-23(2,3)35-22(34)32-7-4-5-19(32)17-10-16(25)9-14-6-8-31(13-18(14)17)20(33)15-11-29-21(30-12-15)24(26,27)28/h9-12,19H,4-8,13H2,1-3H3/t19-/m0/s1. The minimum absolute atomic E-state index is 0.0202. The third-order valence-corrected chi connectivity index (χ3v) is 6.24. The lowest BCUT2D eigenvalue weighted by atomic mass is 9.90. The number of alkyl halides is 3. The minimum atomic E-state index is -4.68. The summed E-state index contributed by atoms with van der Waals surface area (Å²) in [4.78, 5) is 35.8. The molecule has 0 spiro atoms. The summed E-state index contributed by atoms with van der Waals surface area (Å²) in [6, 6.07) is 3.43.